The molecule has 0 radical (unpaired) electrons. The van der Waals surface area contributed by atoms with Crippen molar-refractivity contribution in [1.82, 2.24) is 15.1 Å². The number of hydrogen-bond donors (Lipinski definition) is 1. The maximum atomic E-state index is 10.3. The molecule has 2 heterocycles. The zero-order valence-electron chi connectivity index (χ0n) is 6.03. The second-order valence-corrected chi connectivity index (χ2v) is 2.65. The third-order valence-corrected chi connectivity index (χ3v) is 1.88. The van der Waals surface area contributed by atoms with Gasteiger partial charge in [0.1, 0.15) is 5.69 Å². The van der Waals surface area contributed by atoms with Gasteiger partial charge in [0.15, 0.2) is 6.29 Å². The third-order valence-electron chi connectivity index (χ3n) is 1.88. The van der Waals surface area contributed by atoms with Crippen LogP contribution in [0.5, 0.6) is 0 Å². The summed E-state index contributed by atoms with van der Waals surface area (Å²) in [5, 5.41) is 7.20. The molecule has 1 aliphatic rings. The predicted octanol–water partition coefficient (Wildman–Crippen LogP) is -0.160. The van der Waals surface area contributed by atoms with E-state index >= 15 is 0 Å². The highest BCUT2D eigenvalue weighted by molar-refractivity contribution is 5.71. The lowest BCUT2D eigenvalue weighted by Crippen LogP contribution is -2.43. The lowest BCUT2D eigenvalue weighted by molar-refractivity contribution is 0.111. The highest BCUT2D eigenvalue weighted by atomic mass is 16.1. The van der Waals surface area contributed by atoms with Gasteiger partial charge in [0.25, 0.3) is 0 Å². The summed E-state index contributed by atoms with van der Waals surface area (Å²) >= 11 is 0. The number of carbonyl (C=O) groups excluding carboxylic acids is 1. The molecule has 1 aromatic rings. The molecule has 2 rings (SSSR count). The van der Waals surface area contributed by atoms with E-state index in [1.54, 1.807) is 6.07 Å². The Morgan fingerprint density at radius 3 is 3.00 bits per heavy atom. The van der Waals surface area contributed by atoms with Gasteiger partial charge in [-0.05, 0) is 6.07 Å². The van der Waals surface area contributed by atoms with Gasteiger partial charge in [0.2, 0.25) is 0 Å². The van der Waals surface area contributed by atoms with Crippen LogP contribution in [0.15, 0.2) is 12.3 Å². The topological polar surface area (TPSA) is 46.9 Å². The van der Waals surface area contributed by atoms with Crippen molar-refractivity contribution >= 4 is 6.29 Å². The monoisotopic (exact) mass is 151 g/mol. The van der Waals surface area contributed by atoms with E-state index in [1.165, 1.54) is 0 Å². The Balaban J connectivity index is 2.17. The largest absolute Gasteiger partial charge is 0.312 e. The fourth-order valence-corrected chi connectivity index (χ4v) is 1.08. The molecule has 0 bridgehead atoms. The summed E-state index contributed by atoms with van der Waals surface area (Å²) in [7, 11) is 0. The van der Waals surface area contributed by atoms with E-state index < -0.39 is 0 Å². The number of aldehydes is 1. The van der Waals surface area contributed by atoms with Gasteiger partial charge in [-0.25, -0.2) is 0 Å². The van der Waals surface area contributed by atoms with Crippen LogP contribution in [0.3, 0.4) is 0 Å². The van der Waals surface area contributed by atoms with E-state index in [1.807, 2.05) is 10.9 Å². The molecule has 0 aliphatic carbocycles. The number of nitrogens with zero attached hydrogens (tertiary/aromatic N) is 2. The minimum absolute atomic E-state index is 0.448. The van der Waals surface area contributed by atoms with E-state index in [0.29, 0.717) is 11.7 Å². The van der Waals surface area contributed by atoms with Crippen molar-refractivity contribution in [2.24, 2.45) is 0 Å². The number of hydrogen-bond acceptors (Lipinski definition) is 3. The third kappa shape index (κ3) is 1.05. The molecule has 1 aliphatic heterocycles. The van der Waals surface area contributed by atoms with Gasteiger partial charge in [-0.1, -0.05) is 0 Å². The van der Waals surface area contributed by atoms with Crippen molar-refractivity contribution < 1.29 is 4.79 Å². The molecule has 4 nitrogen and oxygen atoms in total. The molecule has 11 heavy (non-hydrogen) atoms. The van der Waals surface area contributed by atoms with Crippen LogP contribution < -0.4 is 5.32 Å². The SMILES string of the molecule is O=Cc1ccn(C2CNC2)n1. The predicted molar refractivity (Wildman–Crippen MR) is 39.5 cm³/mol. The standard InChI is InChI=1S/C7H9N3O/c11-5-6-1-2-10(9-6)7-3-8-4-7/h1-2,5,7-8H,3-4H2. The normalized spacial score (nSPS) is 17.8. The average molecular weight is 151 g/mol. The number of rotatable bonds is 2. The first kappa shape index (κ1) is 6.54. The van der Waals surface area contributed by atoms with E-state index in [-0.39, 0.29) is 0 Å². The van der Waals surface area contributed by atoms with Crippen LogP contribution >= 0.6 is 0 Å². The van der Waals surface area contributed by atoms with E-state index in [9.17, 15) is 4.79 Å². The van der Waals surface area contributed by atoms with Gasteiger partial charge >= 0.3 is 0 Å². The quantitative estimate of drug-likeness (QED) is 0.597. The fourth-order valence-electron chi connectivity index (χ4n) is 1.08. The number of carbonyl (C=O) groups is 1. The molecule has 0 aromatic carbocycles. The van der Waals surface area contributed by atoms with Crippen LogP contribution in [0.2, 0.25) is 0 Å². The molecule has 1 N–H and O–H groups in total. The van der Waals surface area contributed by atoms with E-state index in [2.05, 4.69) is 10.4 Å². The lowest BCUT2D eigenvalue weighted by Gasteiger charge is -2.27. The van der Waals surface area contributed by atoms with Crippen LogP contribution in [-0.2, 0) is 0 Å². The maximum absolute atomic E-state index is 10.3. The first-order valence-corrected chi connectivity index (χ1v) is 3.61. The van der Waals surface area contributed by atoms with Crippen LogP contribution in [0, 0.1) is 0 Å². The summed E-state index contributed by atoms with van der Waals surface area (Å²) in [5.41, 5.74) is 0.511. The average Bonchev–Trinajstić information content (AvgIpc) is 2.32. The summed E-state index contributed by atoms with van der Waals surface area (Å²) in [6, 6.07) is 2.18. The molecule has 1 aromatic heterocycles. The van der Waals surface area contributed by atoms with E-state index in [4.69, 9.17) is 0 Å². The van der Waals surface area contributed by atoms with Crippen molar-refractivity contribution in [3.8, 4) is 0 Å². The first-order chi connectivity index (χ1) is 5.40. The minimum Gasteiger partial charge on any atom is -0.312 e. The smallest absolute Gasteiger partial charge is 0.170 e. The van der Waals surface area contributed by atoms with Crippen LogP contribution in [0.1, 0.15) is 16.5 Å². The zero-order chi connectivity index (χ0) is 7.68. The van der Waals surface area contributed by atoms with Gasteiger partial charge < -0.3 is 5.32 Å². The molecular weight excluding hydrogens is 142 g/mol. The summed E-state index contributed by atoms with van der Waals surface area (Å²) < 4.78 is 1.83. The Labute approximate surface area is 64.2 Å². The molecule has 58 valence electrons. The summed E-state index contributed by atoms with van der Waals surface area (Å²) in [4.78, 5) is 10.3. The second kappa shape index (κ2) is 2.47. The molecule has 0 spiro atoms. The zero-order valence-corrected chi connectivity index (χ0v) is 6.03. The van der Waals surface area contributed by atoms with Gasteiger partial charge in [0.05, 0.1) is 6.04 Å². The van der Waals surface area contributed by atoms with Gasteiger partial charge in [-0.2, -0.15) is 5.10 Å². The number of nitrogens with one attached hydrogen (secondary N) is 1. The summed E-state index contributed by atoms with van der Waals surface area (Å²) in [5.74, 6) is 0. The van der Waals surface area contributed by atoms with Crippen molar-refractivity contribution in [3.05, 3.63) is 18.0 Å². The molecular formula is C7H9N3O. The minimum atomic E-state index is 0.448. The molecule has 1 saturated heterocycles. The molecule has 1 fully saturated rings. The highest BCUT2D eigenvalue weighted by Crippen LogP contribution is 2.09. The van der Waals surface area contributed by atoms with Gasteiger partial charge in [-0.15, -0.1) is 0 Å². The van der Waals surface area contributed by atoms with Crippen molar-refractivity contribution in [3.63, 3.8) is 0 Å². The summed E-state index contributed by atoms with van der Waals surface area (Å²) in [6.07, 6.45) is 2.61. The molecule has 0 amide bonds. The fraction of sp³-hybridized carbons (Fsp3) is 0.429. The van der Waals surface area contributed by atoms with E-state index in [0.717, 1.165) is 19.4 Å². The van der Waals surface area contributed by atoms with Crippen molar-refractivity contribution in [2.45, 2.75) is 6.04 Å². The maximum Gasteiger partial charge on any atom is 0.170 e. The second-order valence-electron chi connectivity index (χ2n) is 2.65. The first-order valence-electron chi connectivity index (χ1n) is 3.61. The molecule has 4 heteroatoms. The Morgan fingerprint density at radius 2 is 2.55 bits per heavy atom. The Morgan fingerprint density at radius 1 is 1.73 bits per heavy atom. The van der Waals surface area contributed by atoms with Gasteiger partial charge in [-0.3, -0.25) is 9.48 Å². The number of aromatic nitrogens is 2. The van der Waals surface area contributed by atoms with Crippen LogP contribution in [0.25, 0.3) is 0 Å². The van der Waals surface area contributed by atoms with Crippen molar-refractivity contribution in [1.29, 1.82) is 0 Å². The lowest BCUT2D eigenvalue weighted by atomic mass is 10.2. The molecule has 0 atom stereocenters. The van der Waals surface area contributed by atoms with Crippen LogP contribution in [-0.4, -0.2) is 29.2 Å². The summed E-state index contributed by atoms with van der Waals surface area (Å²) in [6.45, 7) is 1.92. The van der Waals surface area contributed by atoms with Crippen LogP contribution in [0.4, 0.5) is 0 Å². The molecule has 0 saturated carbocycles. The van der Waals surface area contributed by atoms with Crippen molar-refractivity contribution in [2.75, 3.05) is 13.1 Å². The Kier molecular flexibility index (Phi) is 1.47. The Bertz CT molecular complexity index is 264. The molecule has 0 unspecified atom stereocenters. The Hall–Kier alpha value is -1.16. The highest BCUT2D eigenvalue weighted by Gasteiger charge is 2.18. The van der Waals surface area contributed by atoms with Gasteiger partial charge in [0, 0.05) is 19.3 Å².